The van der Waals surface area contributed by atoms with Crippen LogP contribution < -0.4 is 10.6 Å². The molecule has 1 aromatic rings. The van der Waals surface area contributed by atoms with Gasteiger partial charge in [0.1, 0.15) is 0 Å². The van der Waals surface area contributed by atoms with Gasteiger partial charge in [0.2, 0.25) is 0 Å². The summed E-state index contributed by atoms with van der Waals surface area (Å²) < 4.78 is 6.16. The first kappa shape index (κ1) is 15.6. The van der Waals surface area contributed by atoms with Gasteiger partial charge in [-0.1, -0.05) is 28.1 Å². The second-order valence-corrected chi connectivity index (χ2v) is 5.42. The summed E-state index contributed by atoms with van der Waals surface area (Å²) in [6, 6.07) is 6.91. The molecule has 0 aromatic heterocycles. The number of methoxy groups -OCH3 is 1. The third kappa shape index (κ3) is 5.96. The number of benzene rings is 1. The maximum Gasteiger partial charge on any atom is 0.0587 e. The zero-order valence-corrected chi connectivity index (χ0v) is 13.0. The monoisotopic (exact) mass is 314 g/mol. The van der Waals surface area contributed by atoms with E-state index in [0.717, 1.165) is 26.2 Å². The number of hydrogen-bond acceptors (Lipinski definition) is 3. The van der Waals surface area contributed by atoms with Crippen LogP contribution in [-0.4, -0.2) is 32.8 Å². The molecule has 0 heterocycles. The molecule has 0 aliphatic rings. The second kappa shape index (κ2) is 8.64. The van der Waals surface area contributed by atoms with E-state index in [1.165, 1.54) is 15.6 Å². The maximum atomic E-state index is 4.99. The largest absolute Gasteiger partial charge is 0.383 e. The number of ether oxygens (including phenoxy) is 1. The van der Waals surface area contributed by atoms with E-state index in [2.05, 4.69) is 58.6 Å². The highest BCUT2D eigenvalue weighted by molar-refractivity contribution is 9.10. The molecule has 1 unspecified atom stereocenters. The molecule has 4 heteroatoms. The Morgan fingerprint density at radius 2 is 2.17 bits per heavy atom. The van der Waals surface area contributed by atoms with Gasteiger partial charge in [0.15, 0.2) is 0 Å². The molecule has 1 atom stereocenters. The molecule has 1 rings (SSSR count). The van der Waals surface area contributed by atoms with Crippen LogP contribution in [0.3, 0.4) is 0 Å². The fourth-order valence-corrected chi connectivity index (χ4v) is 1.92. The molecule has 3 nitrogen and oxygen atoms in total. The van der Waals surface area contributed by atoms with Gasteiger partial charge < -0.3 is 15.4 Å². The van der Waals surface area contributed by atoms with Crippen LogP contribution in [0.5, 0.6) is 0 Å². The van der Waals surface area contributed by atoms with Crippen molar-refractivity contribution in [1.82, 2.24) is 10.6 Å². The lowest BCUT2D eigenvalue weighted by molar-refractivity contribution is 0.198. The molecule has 18 heavy (non-hydrogen) atoms. The Labute approximate surface area is 118 Å². The number of hydrogen-bond donors (Lipinski definition) is 2. The third-order valence-corrected chi connectivity index (χ3v) is 3.70. The molecular formula is C14H23BrN2O. The summed E-state index contributed by atoms with van der Waals surface area (Å²) in [7, 11) is 1.72. The number of nitrogens with one attached hydrogen (secondary N) is 2. The summed E-state index contributed by atoms with van der Waals surface area (Å²) >= 11 is 3.52. The van der Waals surface area contributed by atoms with Crippen LogP contribution >= 0.6 is 15.9 Å². The molecule has 1 aromatic carbocycles. The van der Waals surface area contributed by atoms with Crippen LogP contribution in [0.1, 0.15) is 18.1 Å². The van der Waals surface area contributed by atoms with E-state index in [1.54, 1.807) is 7.11 Å². The number of halogens is 1. The van der Waals surface area contributed by atoms with E-state index >= 15 is 0 Å². The zero-order valence-electron chi connectivity index (χ0n) is 11.4. The third-order valence-electron chi connectivity index (χ3n) is 2.81. The van der Waals surface area contributed by atoms with Gasteiger partial charge in [-0.2, -0.15) is 0 Å². The van der Waals surface area contributed by atoms with Crippen LogP contribution in [0.4, 0.5) is 0 Å². The maximum absolute atomic E-state index is 4.99. The van der Waals surface area contributed by atoms with Crippen molar-refractivity contribution in [3.8, 4) is 0 Å². The topological polar surface area (TPSA) is 33.3 Å². The zero-order chi connectivity index (χ0) is 13.4. The summed E-state index contributed by atoms with van der Waals surface area (Å²) in [5.41, 5.74) is 2.60. The van der Waals surface area contributed by atoms with Crippen LogP contribution in [0.15, 0.2) is 22.7 Å². The molecule has 0 amide bonds. The van der Waals surface area contributed by atoms with Crippen molar-refractivity contribution in [3.63, 3.8) is 0 Å². The highest BCUT2D eigenvalue weighted by Gasteiger charge is 2.02. The van der Waals surface area contributed by atoms with E-state index in [4.69, 9.17) is 4.74 Å². The van der Waals surface area contributed by atoms with Gasteiger partial charge in [-0.25, -0.2) is 0 Å². The standard InChI is InChI=1S/C14H23BrN2O/c1-11-8-13(4-5-14(11)15)10-17-12(2)9-16-6-7-18-3/h4-5,8,12,16-17H,6-7,9-10H2,1-3H3. The average Bonchev–Trinajstić information content (AvgIpc) is 2.36. The fraction of sp³-hybridized carbons (Fsp3) is 0.571. The summed E-state index contributed by atoms with van der Waals surface area (Å²) in [5.74, 6) is 0. The van der Waals surface area contributed by atoms with Crippen LogP contribution in [-0.2, 0) is 11.3 Å². The minimum atomic E-state index is 0.450. The number of rotatable bonds is 8. The Bertz CT molecular complexity index is 358. The average molecular weight is 315 g/mol. The summed E-state index contributed by atoms with van der Waals surface area (Å²) in [4.78, 5) is 0. The van der Waals surface area contributed by atoms with Gasteiger partial charge in [-0.15, -0.1) is 0 Å². The quantitative estimate of drug-likeness (QED) is 0.723. The lowest BCUT2D eigenvalue weighted by atomic mass is 10.1. The van der Waals surface area contributed by atoms with E-state index in [1.807, 2.05) is 0 Å². The molecule has 0 saturated carbocycles. The van der Waals surface area contributed by atoms with Crippen molar-refractivity contribution in [2.45, 2.75) is 26.4 Å². The molecule has 0 aliphatic heterocycles. The van der Waals surface area contributed by atoms with Gasteiger partial charge in [-0.05, 0) is 31.0 Å². The first-order valence-electron chi connectivity index (χ1n) is 6.31. The smallest absolute Gasteiger partial charge is 0.0587 e. The summed E-state index contributed by atoms with van der Waals surface area (Å²) in [5, 5.41) is 6.85. The van der Waals surface area contributed by atoms with Crippen molar-refractivity contribution in [3.05, 3.63) is 33.8 Å². The van der Waals surface area contributed by atoms with Crippen LogP contribution in [0, 0.1) is 6.92 Å². The first-order valence-corrected chi connectivity index (χ1v) is 7.11. The van der Waals surface area contributed by atoms with Gasteiger partial charge in [-0.3, -0.25) is 0 Å². The minimum absolute atomic E-state index is 0.450. The van der Waals surface area contributed by atoms with Gasteiger partial charge in [0, 0.05) is 37.3 Å². The summed E-state index contributed by atoms with van der Waals surface area (Å²) in [6.45, 7) is 7.83. The number of aryl methyl sites for hydroxylation is 1. The predicted octanol–water partition coefficient (Wildman–Crippen LogP) is 2.47. The van der Waals surface area contributed by atoms with E-state index in [9.17, 15) is 0 Å². The Balaban J connectivity index is 2.24. The highest BCUT2D eigenvalue weighted by atomic mass is 79.9. The lowest BCUT2D eigenvalue weighted by Gasteiger charge is -2.15. The van der Waals surface area contributed by atoms with Crippen molar-refractivity contribution in [2.75, 3.05) is 26.8 Å². The van der Waals surface area contributed by atoms with Crippen molar-refractivity contribution < 1.29 is 4.74 Å². The van der Waals surface area contributed by atoms with Gasteiger partial charge in [0.25, 0.3) is 0 Å². The molecular weight excluding hydrogens is 292 g/mol. The van der Waals surface area contributed by atoms with Crippen LogP contribution in [0.2, 0.25) is 0 Å². The van der Waals surface area contributed by atoms with Crippen molar-refractivity contribution >= 4 is 15.9 Å². The van der Waals surface area contributed by atoms with Crippen molar-refractivity contribution in [2.24, 2.45) is 0 Å². The normalized spacial score (nSPS) is 12.7. The van der Waals surface area contributed by atoms with E-state index in [0.29, 0.717) is 6.04 Å². The molecule has 2 N–H and O–H groups in total. The Kier molecular flexibility index (Phi) is 7.51. The SMILES string of the molecule is COCCNCC(C)NCc1ccc(Br)c(C)c1. The summed E-state index contributed by atoms with van der Waals surface area (Å²) in [6.07, 6.45) is 0. The molecule has 0 spiro atoms. The van der Waals surface area contributed by atoms with E-state index in [-0.39, 0.29) is 0 Å². The van der Waals surface area contributed by atoms with E-state index < -0.39 is 0 Å². The molecule has 0 aliphatic carbocycles. The minimum Gasteiger partial charge on any atom is -0.383 e. The van der Waals surface area contributed by atoms with Crippen LogP contribution in [0.25, 0.3) is 0 Å². The molecule has 0 bridgehead atoms. The predicted molar refractivity (Wildman–Crippen MR) is 79.9 cm³/mol. The fourth-order valence-electron chi connectivity index (χ4n) is 1.67. The van der Waals surface area contributed by atoms with Crippen molar-refractivity contribution in [1.29, 1.82) is 0 Å². The molecule has 0 radical (unpaired) electrons. The molecule has 0 saturated heterocycles. The lowest BCUT2D eigenvalue weighted by Crippen LogP contribution is -2.37. The first-order chi connectivity index (χ1) is 8.63. The Morgan fingerprint density at radius 3 is 2.83 bits per heavy atom. The highest BCUT2D eigenvalue weighted by Crippen LogP contribution is 2.16. The van der Waals surface area contributed by atoms with Gasteiger partial charge >= 0.3 is 0 Å². The van der Waals surface area contributed by atoms with Gasteiger partial charge in [0.05, 0.1) is 6.61 Å². The Morgan fingerprint density at radius 1 is 1.39 bits per heavy atom. The molecule has 102 valence electrons. The second-order valence-electron chi connectivity index (χ2n) is 4.56. The molecule has 0 fully saturated rings. The Hall–Kier alpha value is -0.420.